The number of fused-ring (bicyclic) bond motifs is 3. The number of nitriles is 2. The maximum Gasteiger partial charge on any atom is 0.287 e. The van der Waals surface area contributed by atoms with Gasteiger partial charge in [0.25, 0.3) is 17.7 Å². The second kappa shape index (κ2) is 39.1. The van der Waals surface area contributed by atoms with Crippen molar-refractivity contribution in [3.63, 3.8) is 0 Å². The third kappa shape index (κ3) is 20.6. The van der Waals surface area contributed by atoms with E-state index < -0.39 is 17.7 Å². The van der Waals surface area contributed by atoms with E-state index in [9.17, 15) is 28.8 Å². The van der Waals surface area contributed by atoms with Gasteiger partial charge in [0, 0.05) is 66.7 Å². The summed E-state index contributed by atoms with van der Waals surface area (Å²) in [5.74, 6) is -1.11. The van der Waals surface area contributed by atoms with Crippen LogP contribution in [0.4, 0.5) is 0 Å². The van der Waals surface area contributed by atoms with Crippen LogP contribution in [0, 0.1) is 64.2 Å². The van der Waals surface area contributed by atoms with Crippen LogP contribution in [0.2, 0.25) is 15.1 Å². The second-order valence-corrected chi connectivity index (χ2v) is 25.2. The van der Waals surface area contributed by atoms with Crippen molar-refractivity contribution in [3.05, 3.63) is 240 Å². The first-order valence-electron chi connectivity index (χ1n) is 32.2. The zero-order chi connectivity index (χ0) is 69.2. The Kier molecular flexibility index (Phi) is 32.2. The maximum atomic E-state index is 12.9. The summed E-state index contributed by atoms with van der Waals surface area (Å²) in [7, 11) is 0. The molecule has 3 fully saturated rings. The van der Waals surface area contributed by atoms with Gasteiger partial charge in [0.15, 0.2) is 33.6 Å². The van der Waals surface area contributed by atoms with Gasteiger partial charge in [-0.15, -0.1) is 37.2 Å². The molecule has 9 aromatic rings. The topological polar surface area (TPSA) is 235 Å². The molecule has 17 nitrogen and oxygen atoms in total. The Bertz CT molecular complexity index is 4100. The minimum Gasteiger partial charge on any atom is -0.450 e. The molecule has 0 radical (unpaired) electrons. The number of halogens is 6. The summed E-state index contributed by atoms with van der Waals surface area (Å²) in [4.78, 5) is 83.2. The lowest BCUT2D eigenvalue weighted by atomic mass is 10.0. The molecular weight excluding hydrogens is 1380 g/mol. The molecule has 6 heterocycles. The zero-order valence-corrected chi connectivity index (χ0v) is 61.4. The third-order valence-electron chi connectivity index (χ3n) is 17.8. The predicted octanol–water partition coefficient (Wildman–Crippen LogP) is 16.2. The quantitative estimate of drug-likeness (QED) is 0.0866. The number of nitrogens with zero attached hydrogens (tertiary/aromatic N) is 5. The molecule has 0 spiro atoms. The molecule has 3 saturated heterocycles. The molecular formula is C76H84Cl6N8O9. The highest BCUT2D eigenvalue weighted by Crippen LogP contribution is 2.34. The van der Waals surface area contributed by atoms with Gasteiger partial charge in [-0.05, 0) is 206 Å². The first kappa shape index (κ1) is 81.6. The third-order valence-corrected chi connectivity index (χ3v) is 18.9. The highest BCUT2D eigenvalue weighted by atomic mass is 35.5. The lowest BCUT2D eigenvalue weighted by Gasteiger charge is -2.28. The van der Waals surface area contributed by atoms with Gasteiger partial charge in [0.1, 0.15) is 16.7 Å². The minimum atomic E-state index is -0.397. The fraction of sp³-hybridized carbons (Fsp3) is 0.342. The molecule has 0 bridgehead atoms. The first-order chi connectivity index (χ1) is 46.2. The van der Waals surface area contributed by atoms with Gasteiger partial charge < -0.3 is 29.2 Å². The molecule has 3 aliphatic heterocycles. The van der Waals surface area contributed by atoms with Crippen LogP contribution in [0.1, 0.15) is 152 Å². The normalized spacial score (nSPS) is 14.2. The average molecular weight is 1470 g/mol. The Balaban J connectivity index is 0.000000253. The molecule has 23 heteroatoms. The summed E-state index contributed by atoms with van der Waals surface area (Å²) in [5, 5.41) is 27.0. The highest BCUT2D eigenvalue weighted by Gasteiger charge is 2.30. The summed E-state index contributed by atoms with van der Waals surface area (Å²) < 4.78 is 17.6. The Morgan fingerprint density at radius 1 is 0.414 bits per heavy atom. The number of carbonyl (C=O) groups is 3. The van der Waals surface area contributed by atoms with Crippen molar-refractivity contribution < 1.29 is 27.6 Å². The van der Waals surface area contributed by atoms with Crippen LogP contribution < -0.4 is 32.2 Å². The minimum absolute atomic E-state index is 0. The molecule has 524 valence electrons. The zero-order valence-electron chi connectivity index (χ0n) is 56.7. The van der Waals surface area contributed by atoms with Crippen molar-refractivity contribution in [1.82, 2.24) is 30.7 Å². The van der Waals surface area contributed by atoms with Gasteiger partial charge in [-0.2, -0.15) is 10.5 Å². The van der Waals surface area contributed by atoms with E-state index in [-0.39, 0.29) is 88.9 Å². The van der Waals surface area contributed by atoms with Crippen molar-refractivity contribution in [2.45, 2.75) is 112 Å². The van der Waals surface area contributed by atoms with E-state index in [0.717, 1.165) is 128 Å². The fourth-order valence-corrected chi connectivity index (χ4v) is 13.0. The molecule has 6 aromatic carbocycles. The predicted molar refractivity (Wildman–Crippen MR) is 402 cm³/mol. The lowest BCUT2D eigenvalue weighted by Crippen LogP contribution is -2.37. The number of likely N-dealkylation sites (tertiary alicyclic amines) is 3. The Labute approximate surface area is 611 Å². The number of rotatable bonds is 15. The van der Waals surface area contributed by atoms with E-state index in [1.165, 1.54) is 32.0 Å². The number of nitrogens with one attached hydrogen (secondary N) is 3. The molecule has 0 saturated carbocycles. The van der Waals surface area contributed by atoms with Crippen molar-refractivity contribution in [1.29, 1.82) is 10.5 Å². The monoisotopic (exact) mass is 1460 g/mol. The molecule has 3 aromatic heterocycles. The molecule has 3 N–H and O–H groups in total. The van der Waals surface area contributed by atoms with Crippen LogP contribution in [-0.4, -0.2) is 91.3 Å². The Hall–Kier alpha value is -8.04. The van der Waals surface area contributed by atoms with Crippen molar-refractivity contribution in [2.75, 3.05) is 58.9 Å². The van der Waals surface area contributed by atoms with E-state index in [1.807, 2.05) is 133 Å². The number of benzene rings is 6. The van der Waals surface area contributed by atoms with Crippen LogP contribution in [0.25, 0.3) is 32.9 Å². The van der Waals surface area contributed by atoms with Crippen LogP contribution in [0.15, 0.2) is 155 Å². The molecule has 3 aliphatic rings. The smallest absolute Gasteiger partial charge is 0.287 e. The van der Waals surface area contributed by atoms with E-state index >= 15 is 0 Å². The lowest BCUT2D eigenvalue weighted by molar-refractivity contribution is 0.0903. The summed E-state index contributed by atoms with van der Waals surface area (Å²) in [6.45, 7) is 21.4. The van der Waals surface area contributed by atoms with Gasteiger partial charge >= 0.3 is 0 Å². The number of aryl methyl sites for hydroxylation is 6. The summed E-state index contributed by atoms with van der Waals surface area (Å²) in [5.41, 5.74) is 9.36. The second-order valence-electron chi connectivity index (χ2n) is 24.0. The van der Waals surface area contributed by atoms with E-state index in [1.54, 1.807) is 30.3 Å². The van der Waals surface area contributed by atoms with Crippen LogP contribution in [0.5, 0.6) is 0 Å². The average Bonchev–Trinajstić information content (AvgIpc) is 1.84. The van der Waals surface area contributed by atoms with Crippen molar-refractivity contribution >= 4 is 123 Å². The van der Waals surface area contributed by atoms with E-state index in [2.05, 4.69) is 30.7 Å². The van der Waals surface area contributed by atoms with Gasteiger partial charge in [-0.25, -0.2) is 0 Å². The van der Waals surface area contributed by atoms with Crippen LogP contribution in [0.3, 0.4) is 0 Å². The Morgan fingerprint density at radius 3 is 0.859 bits per heavy atom. The molecule has 3 atom stereocenters. The summed E-state index contributed by atoms with van der Waals surface area (Å²) in [6, 6.07) is 41.3. The van der Waals surface area contributed by atoms with Gasteiger partial charge in [0.05, 0.1) is 46.4 Å². The number of hydrogen-bond donors (Lipinski definition) is 3. The fourth-order valence-electron chi connectivity index (χ4n) is 12.2. The maximum absolute atomic E-state index is 12.9. The summed E-state index contributed by atoms with van der Waals surface area (Å²) in [6.07, 6.45) is 6.79. The van der Waals surface area contributed by atoms with E-state index in [0.29, 0.717) is 67.6 Å². The highest BCUT2D eigenvalue weighted by molar-refractivity contribution is 6.32. The van der Waals surface area contributed by atoms with Crippen molar-refractivity contribution in [3.8, 4) is 12.1 Å². The molecule has 3 unspecified atom stereocenters. The van der Waals surface area contributed by atoms with Crippen LogP contribution in [-0.2, 0) is 0 Å². The molecule has 12 rings (SSSR count). The Morgan fingerprint density at radius 2 is 0.636 bits per heavy atom. The number of amides is 3. The standard InChI is InChI=1S/3C24H25ClN2O3.2C2H3N.3ClH/c3*1-15-9-10-18-21(28)13-22(30-23(18)16(15)2)24(29)26-14-20(27-11-5-6-12-27)17-7-3-4-8-19(17)25;2*1-2-3;;;/h3*3-4,7-10,13,20H,5-6,11-12,14H2,1-2H3,(H,26,29);2*1H3;3*1H. The van der Waals surface area contributed by atoms with E-state index in [4.69, 9.17) is 58.6 Å². The molecule has 99 heavy (non-hydrogen) atoms. The van der Waals surface area contributed by atoms with Gasteiger partial charge in [-0.1, -0.05) is 108 Å². The first-order valence-corrected chi connectivity index (χ1v) is 33.4. The van der Waals surface area contributed by atoms with Gasteiger partial charge in [0.2, 0.25) is 0 Å². The number of hydrogen-bond acceptors (Lipinski definition) is 14. The molecule has 0 aliphatic carbocycles. The largest absolute Gasteiger partial charge is 0.450 e. The molecule has 3 amide bonds. The summed E-state index contributed by atoms with van der Waals surface area (Å²) >= 11 is 19.3. The van der Waals surface area contributed by atoms with Crippen molar-refractivity contribution in [2.24, 2.45) is 0 Å². The number of carbonyl (C=O) groups excluding carboxylic acids is 3. The SMILES string of the molecule is CC#N.CC#N.Cc1ccc2c(=O)cc(C(=O)NCC(c3ccccc3Cl)N3CCCC3)oc2c1C.Cc1ccc2c(=O)cc(C(=O)NCC(c3ccccc3Cl)N3CCCC3)oc2c1C.Cc1ccc2c(=O)cc(C(=O)NCC(c3ccccc3Cl)N3CCCC3)oc2c1C.Cl.Cl.Cl. The van der Waals surface area contributed by atoms with Crippen LogP contribution >= 0.6 is 72.0 Å². The van der Waals surface area contributed by atoms with Gasteiger partial charge in [-0.3, -0.25) is 43.5 Å².